The third-order valence-corrected chi connectivity index (χ3v) is 3.41. The lowest BCUT2D eigenvalue weighted by Gasteiger charge is -2.16. The molecule has 0 saturated heterocycles. The zero-order chi connectivity index (χ0) is 10.6. The lowest BCUT2D eigenvalue weighted by atomic mass is 9.96. The number of nitrogens with two attached hydrogens (primary N) is 1. The number of hydrogen-bond acceptors (Lipinski definition) is 1. The molecule has 14 heavy (non-hydrogen) atoms. The van der Waals surface area contributed by atoms with Gasteiger partial charge in [0.25, 0.3) is 0 Å². The van der Waals surface area contributed by atoms with Gasteiger partial charge >= 0.3 is 0 Å². The van der Waals surface area contributed by atoms with E-state index in [-0.39, 0.29) is 11.2 Å². The molecular weight excluding hydrogens is 177 g/mol. The predicted molar refractivity (Wildman–Crippen MR) is 55.4 cm³/mol. The Labute approximate surface area is 84.1 Å². The summed E-state index contributed by atoms with van der Waals surface area (Å²) in [4.78, 5) is 0. The van der Waals surface area contributed by atoms with Crippen molar-refractivity contribution in [2.24, 2.45) is 11.1 Å². The minimum absolute atomic E-state index is 0.0309. The molecule has 1 fully saturated rings. The van der Waals surface area contributed by atoms with Gasteiger partial charge in [-0.1, -0.05) is 26.0 Å². The van der Waals surface area contributed by atoms with Crippen molar-refractivity contribution in [1.29, 1.82) is 0 Å². The van der Waals surface area contributed by atoms with Gasteiger partial charge in [-0.05, 0) is 30.4 Å². The summed E-state index contributed by atoms with van der Waals surface area (Å²) in [6, 6.07) is 5.29. The van der Waals surface area contributed by atoms with Gasteiger partial charge < -0.3 is 5.73 Å². The molecule has 1 aromatic carbocycles. The maximum absolute atomic E-state index is 13.6. The molecule has 2 N–H and O–H groups in total. The molecule has 0 bridgehead atoms. The topological polar surface area (TPSA) is 26.0 Å². The third kappa shape index (κ3) is 1.17. The van der Waals surface area contributed by atoms with Crippen LogP contribution in [0.4, 0.5) is 4.39 Å². The molecule has 0 radical (unpaired) electrons. The summed E-state index contributed by atoms with van der Waals surface area (Å²) in [7, 11) is 0. The zero-order valence-corrected chi connectivity index (χ0v) is 8.89. The van der Waals surface area contributed by atoms with E-state index < -0.39 is 5.54 Å². The average molecular weight is 193 g/mol. The number of aryl methyl sites for hydroxylation is 1. The largest absolute Gasteiger partial charge is 0.321 e. The van der Waals surface area contributed by atoms with E-state index >= 15 is 0 Å². The summed E-state index contributed by atoms with van der Waals surface area (Å²) >= 11 is 0. The van der Waals surface area contributed by atoms with Crippen LogP contribution >= 0.6 is 0 Å². The maximum Gasteiger partial charge on any atom is 0.128 e. The Kier molecular flexibility index (Phi) is 1.77. The summed E-state index contributed by atoms with van der Waals surface area (Å²) in [5.41, 5.74) is 7.33. The van der Waals surface area contributed by atoms with Crippen molar-refractivity contribution < 1.29 is 4.39 Å². The minimum atomic E-state index is -0.454. The van der Waals surface area contributed by atoms with Crippen molar-refractivity contribution in [3.63, 3.8) is 0 Å². The molecule has 1 nitrogen and oxygen atoms in total. The number of benzene rings is 1. The van der Waals surface area contributed by atoms with E-state index in [1.165, 1.54) is 0 Å². The summed E-state index contributed by atoms with van der Waals surface area (Å²) in [5.74, 6) is -0.168. The van der Waals surface area contributed by atoms with Crippen LogP contribution in [0.1, 0.15) is 31.4 Å². The number of hydrogen-bond donors (Lipinski definition) is 1. The van der Waals surface area contributed by atoms with Gasteiger partial charge in [0, 0.05) is 11.1 Å². The van der Waals surface area contributed by atoms with Crippen molar-refractivity contribution in [3.8, 4) is 0 Å². The minimum Gasteiger partial charge on any atom is -0.321 e. The first-order chi connectivity index (χ1) is 6.37. The van der Waals surface area contributed by atoms with Crippen molar-refractivity contribution in [3.05, 3.63) is 35.1 Å². The second-order valence-electron chi connectivity index (χ2n) is 5.02. The van der Waals surface area contributed by atoms with Gasteiger partial charge in [0.1, 0.15) is 5.82 Å². The predicted octanol–water partition coefficient (Wildman–Crippen LogP) is 2.72. The first-order valence-corrected chi connectivity index (χ1v) is 4.92. The Morgan fingerprint density at radius 1 is 1.36 bits per heavy atom. The van der Waals surface area contributed by atoms with Crippen molar-refractivity contribution >= 4 is 0 Å². The first-order valence-electron chi connectivity index (χ1n) is 4.92. The van der Waals surface area contributed by atoms with E-state index in [9.17, 15) is 4.39 Å². The molecule has 1 atom stereocenters. The Morgan fingerprint density at radius 3 is 2.36 bits per heavy atom. The van der Waals surface area contributed by atoms with E-state index in [0.29, 0.717) is 5.56 Å². The molecule has 1 aromatic rings. The molecule has 1 unspecified atom stereocenters. The third-order valence-electron chi connectivity index (χ3n) is 3.41. The molecule has 0 spiro atoms. The van der Waals surface area contributed by atoms with Crippen molar-refractivity contribution in [1.82, 2.24) is 0 Å². The van der Waals surface area contributed by atoms with Crippen LogP contribution in [0, 0.1) is 18.2 Å². The van der Waals surface area contributed by atoms with Gasteiger partial charge in [0.2, 0.25) is 0 Å². The average Bonchev–Trinajstić information content (AvgIpc) is 2.50. The van der Waals surface area contributed by atoms with Crippen LogP contribution in [-0.4, -0.2) is 0 Å². The Hall–Kier alpha value is -0.890. The molecule has 0 aliphatic heterocycles. The summed E-state index contributed by atoms with van der Waals surface area (Å²) in [6.07, 6.45) is 0.861. The molecule has 2 rings (SSSR count). The van der Waals surface area contributed by atoms with Crippen LogP contribution in [0.5, 0.6) is 0 Å². The summed E-state index contributed by atoms with van der Waals surface area (Å²) < 4.78 is 13.6. The summed E-state index contributed by atoms with van der Waals surface area (Å²) in [5, 5.41) is 0. The molecule has 0 amide bonds. The van der Waals surface area contributed by atoms with Crippen LogP contribution in [-0.2, 0) is 5.54 Å². The van der Waals surface area contributed by atoms with Crippen LogP contribution in [0.3, 0.4) is 0 Å². The van der Waals surface area contributed by atoms with Crippen LogP contribution < -0.4 is 5.73 Å². The van der Waals surface area contributed by atoms with Gasteiger partial charge in [0.05, 0.1) is 0 Å². The van der Waals surface area contributed by atoms with Crippen LogP contribution in [0.25, 0.3) is 0 Å². The van der Waals surface area contributed by atoms with E-state index in [4.69, 9.17) is 5.73 Å². The highest BCUT2D eigenvalue weighted by molar-refractivity contribution is 5.37. The first kappa shape index (κ1) is 9.66. The van der Waals surface area contributed by atoms with E-state index in [0.717, 1.165) is 12.0 Å². The Balaban J connectivity index is 2.45. The van der Waals surface area contributed by atoms with E-state index in [1.807, 2.05) is 19.1 Å². The fraction of sp³-hybridized carbons (Fsp3) is 0.500. The molecule has 1 aliphatic rings. The molecule has 0 aromatic heterocycles. The second kappa shape index (κ2) is 2.57. The molecule has 1 saturated carbocycles. The van der Waals surface area contributed by atoms with Gasteiger partial charge in [0.15, 0.2) is 0 Å². The fourth-order valence-electron chi connectivity index (χ4n) is 2.09. The highest BCUT2D eigenvalue weighted by atomic mass is 19.1. The van der Waals surface area contributed by atoms with Crippen molar-refractivity contribution in [2.45, 2.75) is 32.7 Å². The van der Waals surface area contributed by atoms with Crippen LogP contribution in [0.15, 0.2) is 18.2 Å². The quantitative estimate of drug-likeness (QED) is 0.729. The Bertz CT molecular complexity index is 384. The molecular formula is C12H16FN. The van der Waals surface area contributed by atoms with Crippen LogP contribution in [0.2, 0.25) is 0 Å². The standard InChI is InChI=1S/C12H16FN/c1-8-4-5-9(10(13)6-8)12(14)7-11(12,2)3/h4-6H,7,14H2,1-3H3. The van der Waals surface area contributed by atoms with Gasteiger partial charge in [-0.15, -0.1) is 0 Å². The zero-order valence-electron chi connectivity index (χ0n) is 8.89. The SMILES string of the molecule is Cc1ccc(C2(N)CC2(C)C)c(F)c1. The molecule has 0 heterocycles. The second-order valence-corrected chi connectivity index (χ2v) is 5.02. The highest BCUT2D eigenvalue weighted by Gasteiger charge is 2.60. The fourth-order valence-corrected chi connectivity index (χ4v) is 2.09. The van der Waals surface area contributed by atoms with Gasteiger partial charge in [-0.3, -0.25) is 0 Å². The monoisotopic (exact) mass is 193 g/mol. The maximum atomic E-state index is 13.6. The van der Waals surface area contributed by atoms with E-state index in [2.05, 4.69) is 13.8 Å². The van der Waals surface area contributed by atoms with Crippen molar-refractivity contribution in [2.75, 3.05) is 0 Å². The lowest BCUT2D eigenvalue weighted by molar-refractivity contribution is 0.483. The van der Waals surface area contributed by atoms with Gasteiger partial charge in [-0.2, -0.15) is 0 Å². The number of halogens is 1. The normalized spacial score (nSPS) is 28.9. The van der Waals surface area contributed by atoms with Gasteiger partial charge in [-0.25, -0.2) is 4.39 Å². The lowest BCUT2D eigenvalue weighted by Crippen LogP contribution is -2.26. The molecule has 1 aliphatic carbocycles. The Morgan fingerprint density at radius 2 is 1.93 bits per heavy atom. The molecule has 2 heteroatoms. The van der Waals surface area contributed by atoms with E-state index in [1.54, 1.807) is 6.07 Å². The summed E-state index contributed by atoms with van der Waals surface area (Å²) in [6.45, 7) is 6.03. The number of rotatable bonds is 1. The highest BCUT2D eigenvalue weighted by Crippen LogP contribution is 2.60. The molecule has 76 valence electrons. The smallest absolute Gasteiger partial charge is 0.128 e.